The summed E-state index contributed by atoms with van der Waals surface area (Å²) >= 11 is 6.30. The fourth-order valence-electron chi connectivity index (χ4n) is 3.11. The number of carboxylic acids is 1. The molecule has 0 aliphatic carbocycles. The molecule has 14 heteroatoms. The predicted octanol–water partition coefficient (Wildman–Crippen LogP) is 7.22. The van der Waals surface area contributed by atoms with Crippen LogP contribution in [-0.2, 0) is 22.4 Å². The molecule has 0 fully saturated rings. The maximum Gasteiger partial charge on any atom is 0.416 e. The quantitative estimate of drug-likeness (QED) is 0.324. The van der Waals surface area contributed by atoms with Gasteiger partial charge >= 0.3 is 18.3 Å². The van der Waals surface area contributed by atoms with E-state index < -0.39 is 55.6 Å². The third-order valence-electron chi connectivity index (χ3n) is 4.79. The third-order valence-corrected chi connectivity index (χ3v) is 7.88. The summed E-state index contributed by atoms with van der Waals surface area (Å²) in [5.74, 6) is -1.63. The Bertz CT molecular complexity index is 1400. The molecule has 2 aromatic carbocycles. The van der Waals surface area contributed by atoms with Gasteiger partial charge in [0.05, 0.1) is 21.7 Å². The average molecular weight is 558 g/mol. The highest BCUT2D eigenvalue weighted by Crippen LogP contribution is 2.42. The van der Waals surface area contributed by atoms with Crippen molar-refractivity contribution in [2.24, 2.45) is 0 Å². The van der Waals surface area contributed by atoms with Gasteiger partial charge in [0.2, 0.25) is 0 Å². The zero-order valence-corrected chi connectivity index (χ0v) is 20.0. The first kappa shape index (κ1) is 26.8. The first-order valence-electron chi connectivity index (χ1n) is 9.36. The Morgan fingerprint density at radius 3 is 1.94 bits per heavy atom. The van der Waals surface area contributed by atoms with Gasteiger partial charge in [0.15, 0.2) is 0 Å². The van der Waals surface area contributed by atoms with Gasteiger partial charge in [-0.2, -0.15) is 26.3 Å². The molecule has 188 valence electrons. The first-order chi connectivity index (χ1) is 15.9. The molecule has 0 saturated carbocycles. The summed E-state index contributed by atoms with van der Waals surface area (Å²) in [6, 6.07) is 4.29. The van der Waals surface area contributed by atoms with E-state index in [1.54, 1.807) is 0 Å². The van der Waals surface area contributed by atoms with Crippen molar-refractivity contribution in [3.63, 3.8) is 0 Å². The van der Waals surface area contributed by atoms with Gasteiger partial charge < -0.3 is 5.11 Å². The normalized spacial score (nSPS) is 12.6. The van der Waals surface area contributed by atoms with Crippen LogP contribution in [0, 0.1) is 13.8 Å². The van der Waals surface area contributed by atoms with Crippen molar-refractivity contribution in [2.45, 2.75) is 31.1 Å². The van der Waals surface area contributed by atoms with Gasteiger partial charge in [-0.25, -0.2) is 13.2 Å². The summed E-state index contributed by atoms with van der Waals surface area (Å²) in [4.78, 5) is 10.5. The zero-order valence-electron chi connectivity index (χ0n) is 17.6. The van der Waals surface area contributed by atoms with E-state index in [2.05, 4.69) is 4.72 Å². The Kier molecular flexibility index (Phi) is 6.92. The second-order valence-electron chi connectivity index (χ2n) is 7.43. The smallest absolute Gasteiger partial charge is 0.416 e. The molecule has 35 heavy (non-hydrogen) atoms. The van der Waals surface area contributed by atoms with Crippen molar-refractivity contribution < 1.29 is 44.7 Å². The van der Waals surface area contributed by atoms with E-state index in [0.29, 0.717) is 29.0 Å². The maximum atomic E-state index is 13.2. The van der Waals surface area contributed by atoms with Crippen molar-refractivity contribution in [3.8, 4) is 10.4 Å². The van der Waals surface area contributed by atoms with Crippen LogP contribution in [-0.4, -0.2) is 19.5 Å². The van der Waals surface area contributed by atoms with Crippen molar-refractivity contribution in [1.29, 1.82) is 0 Å². The molecular weight excluding hydrogens is 544 g/mol. The number of hydrogen-bond acceptors (Lipinski definition) is 4. The van der Waals surface area contributed by atoms with Gasteiger partial charge in [-0.3, -0.25) is 4.72 Å². The van der Waals surface area contributed by atoms with E-state index in [1.807, 2.05) is 0 Å². The number of benzene rings is 2. The van der Waals surface area contributed by atoms with E-state index in [0.717, 1.165) is 6.07 Å². The number of aryl methyl sites for hydroxylation is 2. The minimum Gasteiger partial charge on any atom is -0.477 e. The van der Waals surface area contributed by atoms with Gasteiger partial charge in [0, 0.05) is 9.90 Å². The highest BCUT2D eigenvalue weighted by molar-refractivity contribution is 7.92. The van der Waals surface area contributed by atoms with Gasteiger partial charge in [-0.05, 0) is 66.9 Å². The predicted molar refractivity (Wildman–Crippen MR) is 118 cm³/mol. The number of halogens is 7. The number of aromatic carboxylic acids is 1. The van der Waals surface area contributed by atoms with Crippen LogP contribution in [0.25, 0.3) is 10.4 Å². The molecule has 5 nitrogen and oxygen atoms in total. The molecule has 0 spiro atoms. The summed E-state index contributed by atoms with van der Waals surface area (Å²) in [5.41, 5.74) is -3.65. The molecule has 3 aromatic rings. The molecule has 0 radical (unpaired) electrons. The zero-order chi connectivity index (χ0) is 26.5. The average Bonchev–Trinajstić information content (AvgIpc) is 3.12. The van der Waals surface area contributed by atoms with Gasteiger partial charge in [0.25, 0.3) is 10.0 Å². The molecule has 0 unspecified atom stereocenters. The molecule has 1 heterocycles. The van der Waals surface area contributed by atoms with Gasteiger partial charge in [-0.15, -0.1) is 11.3 Å². The summed E-state index contributed by atoms with van der Waals surface area (Å²) in [6.07, 6.45) is -10.2. The highest BCUT2D eigenvalue weighted by Gasteiger charge is 2.37. The number of rotatable bonds is 5. The van der Waals surface area contributed by atoms with E-state index >= 15 is 0 Å². The van der Waals surface area contributed by atoms with E-state index in [9.17, 15) is 44.7 Å². The number of anilines is 1. The van der Waals surface area contributed by atoms with Crippen LogP contribution in [0.3, 0.4) is 0 Å². The van der Waals surface area contributed by atoms with Crippen LogP contribution >= 0.6 is 22.9 Å². The van der Waals surface area contributed by atoms with E-state index in [-0.39, 0.29) is 26.4 Å². The molecule has 0 saturated heterocycles. The molecule has 0 aliphatic heterocycles. The molecule has 1 aromatic heterocycles. The van der Waals surface area contributed by atoms with Crippen LogP contribution in [0.1, 0.15) is 31.9 Å². The van der Waals surface area contributed by atoms with Crippen LogP contribution in [0.15, 0.2) is 41.3 Å². The van der Waals surface area contributed by atoms with Crippen LogP contribution in [0.4, 0.5) is 32.0 Å². The van der Waals surface area contributed by atoms with Crippen LogP contribution in [0.2, 0.25) is 5.02 Å². The molecule has 0 aliphatic rings. The van der Waals surface area contributed by atoms with Crippen LogP contribution < -0.4 is 4.72 Å². The fourth-order valence-corrected chi connectivity index (χ4v) is 5.71. The minimum atomic E-state index is -5.11. The Balaban J connectivity index is 2.16. The van der Waals surface area contributed by atoms with Crippen molar-refractivity contribution in [1.82, 2.24) is 0 Å². The molecule has 2 N–H and O–H groups in total. The number of hydrogen-bond donors (Lipinski definition) is 2. The van der Waals surface area contributed by atoms with Gasteiger partial charge in [-0.1, -0.05) is 11.6 Å². The Morgan fingerprint density at radius 1 is 0.914 bits per heavy atom. The number of carbonyl (C=O) groups is 1. The molecular formula is C21H14ClF6NO4S2. The maximum absolute atomic E-state index is 13.2. The number of carboxylic acid groups (broad SMARTS) is 1. The molecule has 0 amide bonds. The van der Waals surface area contributed by atoms with Crippen molar-refractivity contribution in [2.75, 3.05) is 4.72 Å². The number of thiophene rings is 1. The third kappa shape index (κ3) is 5.73. The van der Waals surface area contributed by atoms with Crippen molar-refractivity contribution >= 4 is 44.6 Å². The Morgan fingerprint density at radius 2 is 1.46 bits per heavy atom. The molecule has 0 bridgehead atoms. The largest absolute Gasteiger partial charge is 0.477 e. The first-order valence-corrected chi connectivity index (χ1v) is 12.0. The lowest BCUT2D eigenvalue weighted by Gasteiger charge is -2.13. The van der Waals surface area contributed by atoms with E-state index in [1.165, 1.54) is 26.0 Å². The fraction of sp³-hybridized carbons (Fsp3) is 0.190. The van der Waals surface area contributed by atoms with Crippen molar-refractivity contribution in [3.05, 3.63) is 68.6 Å². The lowest BCUT2D eigenvalue weighted by Crippen LogP contribution is -2.15. The number of sulfonamides is 1. The Labute approximate surface area is 204 Å². The SMILES string of the molecule is Cc1cc(S(=O)(=O)Nc2cc(-c3cc(C(F)(F)F)cc(C(F)(F)F)c3)sc2C(=O)O)c(C)cc1Cl. The Hall–Kier alpha value is -2.77. The van der Waals surface area contributed by atoms with Crippen LogP contribution in [0.5, 0.6) is 0 Å². The monoisotopic (exact) mass is 557 g/mol. The number of alkyl halides is 6. The molecule has 3 rings (SSSR count). The summed E-state index contributed by atoms with van der Waals surface area (Å²) in [5, 5.41) is 9.78. The minimum absolute atomic E-state index is 0.0650. The highest BCUT2D eigenvalue weighted by atomic mass is 35.5. The topological polar surface area (TPSA) is 83.5 Å². The lowest BCUT2D eigenvalue weighted by atomic mass is 10.0. The molecule has 0 atom stereocenters. The lowest BCUT2D eigenvalue weighted by molar-refractivity contribution is -0.143. The number of nitrogens with one attached hydrogen (secondary N) is 1. The van der Waals surface area contributed by atoms with E-state index in [4.69, 9.17) is 11.6 Å². The second-order valence-corrected chi connectivity index (χ2v) is 10.5. The summed E-state index contributed by atoms with van der Waals surface area (Å²) < 4.78 is 107. The summed E-state index contributed by atoms with van der Waals surface area (Å²) in [6.45, 7) is 2.98. The summed E-state index contributed by atoms with van der Waals surface area (Å²) in [7, 11) is -4.40. The standard InChI is InChI=1S/C21H14ClF6NO4S2/c1-9-4-17(10(2)3-14(9)22)35(32,33)29-15-8-16(34-18(15)19(30)31)11-5-12(20(23,24)25)7-13(6-11)21(26,27)28/h3-8,29H,1-2H3,(H,30,31). The second kappa shape index (κ2) is 9.03. The van der Waals surface area contributed by atoms with Gasteiger partial charge in [0.1, 0.15) is 4.88 Å².